The van der Waals surface area contributed by atoms with Crippen molar-refractivity contribution >= 4 is 11.8 Å². The number of oxazole rings is 1. The number of nitrogens with one attached hydrogen (secondary N) is 1. The lowest BCUT2D eigenvalue weighted by atomic mass is 9.87. The molecule has 0 radical (unpaired) electrons. The van der Waals surface area contributed by atoms with Crippen LogP contribution in [0.1, 0.15) is 31.6 Å². The Hall–Kier alpha value is -1.74. The quantitative estimate of drug-likeness (QED) is 0.858. The molecule has 0 aliphatic heterocycles. The molecular formula is C12H12F6N2O2. The topological polar surface area (TPSA) is 55.1 Å². The smallest absolute Gasteiger partial charge is 0.418 e. The molecule has 1 N–H and O–H groups in total. The molecule has 0 aromatic carbocycles. The van der Waals surface area contributed by atoms with Crippen LogP contribution < -0.4 is 5.32 Å². The normalized spacial score (nSPS) is 23.4. The second kappa shape index (κ2) is 5.81. The van der Waals surface area contributed by atoms with E-state index in [1.807, 2.05) is 5.32 Å². The fraction of sp³-hybridized carbons (Fsp3) is 0.667. The number of carbonyl (C=O) groups excluding carboxylic acids is 1. The standard InChI is InChI=1S/C12H12F6N2O2/c13-7-3-1-2-6(4-7)9(21)20-8-5-19-10(22-8)11(14,15)12(16,17)18/h5-7H,1-4H2,(H,20,21). The fourth-order valence-corrected chi connectivity index (χ4v) is 2.19. The van der Waals surface area contributed by atoms with E-state index in [0.717, 1.165) is 0 Å². The van der Waals surface area contributed by atoms with Gasteiger partial charge in [-0.1, -0.05) is 0 Å². The van der Waals surface area contributed by atoms with Crippen molar-refractivity contribution in [3.8, 4) is 0 Å². The molecule has 1 aromatic rings. The average Bonchev–Trinajstić information content (AvgIpc) is 2.86. The number of anilines is 1. The van der Waals surface area contributed by atoms with Crippen molar-refractivity contribution in [2.45, 2.75) is 44.0 Å². The summed E-state index contributed by atoms with van der Waals surface area (Å²) in [6.07, 6.45) is -5.21. The Labute approximate surface area is 120 Å². The summed E-state index contributed by atoms with van der Waals surface area (Å²) >= 11 is 0. The summed E-state index contributed by atoms with van der Waals surface area (Å²) in [5.41, 5.74) is 0. The number of nitrogens with zero attached hydrogens (tertiary/aromatic N) is 1. The lowest BCUT2D eigenvalue weighted by molar-refractivity contribution is -0.297. The van der Waals surface area contributed by atoms with Crippen LogP contribution in [0.2, 0.25) is 0 Å². The zero-order valence-electron chi connectivity index (χ0n) is 11.1. The van der Waals surface area contributed by atoms with E-state index in [1.165, 1.54) is 0 Å². The molecule has 0 bridgehead atoms. The Morgan fingerprint density at radius 3 is 2.55 bits per heavy atom. The molecule has 1 saturated carbocycles. The van der Waals surface area contributed by atoms with E-state index < -0.39 is 41.9 Å². The van der Waals surface area contributed by atoms with Gasteiger partial charge in [0.25, 0.3) is 5.89 Å². The van der Waals surface area contributed by atoms with Crippen LogP contribution in [0, 0.1) is 5.92 Å². The van der Waals surface area contributed by atoms with Crippen molar-refractivity contribution in [2.24, 2.45) is 5.92 Å². The molecule has 1 heterocycles. The minimum absolute atomic E-state index is 0.0223. The Morgan fingerprint density at radius 2 is 1.95 bits per heavy atom. The highest BCUT2D eigenvalue weighted by Gasteiger charge is 2.62. The van der Waals surface area contributed by atoms with Crippen LogP contribution in [-0.2, 0) is 10.7 Å². The van der Waals surface area contributed by atoms with Gasteiger partial charge < -0.3 is 4.42 Å². The molecule has 22 heavy (non-hydrogen) atoms. The van der Waals surface area contributed by atoms with Crippen LogP contribution in [0.15, 0.2) is 10.6 Å². The van der Waals surface area contributed by atoms with E-state index in [2.05, 4.69) is 9.40 Å². The van der Waals surface area contributed by atoms with E-state index in [1.54, 1.807) is 0 Å². The number of rotatable bonds is 3. The Balaban J connectivity index is 2.05. The van der Waals surface area contributed by atoms with Gasteiger partial charge in [0.05, 0.1) is 6.20 Å². The Bertz CT molecular complexity index is 542. The summed E-state index contributed by atoms with van der Waals surface area (Å²) in [6, 6.07) is 0. The van der Waals surface area contributed by atoms with Crippen molar-refractivity contribution < 1.29 is 35.6 Å². The predicted molar refractivity (Wildman–Crippen MR) is 61.9 cm³/mol. The molecule has 1 aliphatic carbocycles. The van der Waals surface area contributed by atoms with Crippen molar-refractivity contribution in [2.75, 3.05) is 5.32 Å². The summed E-state index contributed by atoms with van der Waals surface area (Å²) in [7, 11) is 0. The Morgan fingerprint density at radius 1 is 1.27 bits per heavy atom. The van der Waals surface area contributed by atoms with Gasteiger partial charge >= 0.3 is 12.1 Å². The van der Waals surface area contributed by atoms with Gasteiger partial charge in [-0.3, -0.25) is 10.1 Å². The van der Waals surface area contributed by atoms with E-state index in [-0.39, 0.29) is 6.42 Å². The molecule has 4 nitrogen and oxygen atoms in total. The van der Waals surface area contributed by atoms with Crippen LogP contribution in [0.3, 0.4) is 0 Å². The first-order valence-electron chi connectivity index (χ1n) is 6.47. The number of alkyl halides is 6. The van der Waals surface area contributed by atoms with Crippen molar-refractivity contribution in [1.82, 2.24) is 4.98 Å². The first-order chi connectivity index (χ1) is 10.1. The third kappa shape index (κ3) is 3.36. The van der Waals surface area contributed by atoms with Gasteiger partial charge in [-0.2, -0.15) is 22.0 Å². The molecule has 1 fully saturated rings. The minimum Gasteiger partial charge on any atom is -0.418 e. The number of halogens is 6. The maximum atomic E-state index is 13.2. The number of aromatic nitrogens is 1. The van der Waals surface area contributed by atoms with Crippen molar-refractivity contribution in [3.05, 3.63) is 12.1 Å². The van der Waals surface area contributed by atoms with Gasteiger partial charge in [-0.25, -0.2) is 9.37 Å². The summed E-state index contributed by atoms with van der Waals surface area (Å²) in [5, 5.41) is 2.04. The molecule has 2 atom stereocenters. The van der Waals surface area contributed by atoms with Crippen LogP contribution in [0.5, 0.6) is 0 Å². The highest BCUT2D eigenvalue weighted by atomic mass is 19.4. The highest BCUT2D eigenvalue weighted by Crippen LogP contribution is 2.43. The maximum Gasteiger partial charge on any atom is 0.463 e. The monoisotopic (exact) mass is 330 g/mol. The van der Waals surface area contributed by atoms with Gasteiger partial charge in [0.15, 0.2) is 0 Å². The number of carbonyl (C=O) groups is 1. The fourth-order valence-electron chi connectivity index (χ4n) is 2.19. The SMILES string of the molecule is O=C(Nc1cnc(C(F)(F)C(F)(F)F)o1)C1CCCC(F)C1. The number of amides is 1. The largest absolute Gasteiger partial charge is 0.463 e. The second-order valence-corrected chi connectivity index (χ2v) is 5.05. The molecule has 0 spiro atoms. The zero-order chi connectivity index (χ0) is 16.5. The third-order valence-electron chi connectivity index (χ3n) is 3.36. The summed E-state index contributed by atoms with van der Waals surface area (Å²) < 4.78 is 79.8. The summed E-state index contributed by atoms with van der Waals surface area (Å²) in [4.78, 5) is 14.6. The first-order valence-corrected chi connectivity index (χ1v) is 6.47. The van der Waals surface area contributed by atoms with E-state index in [9.17, 15) is 31.1 Å². The molecule has 124 valence electrons. The third-order valence-corrected chi connectivity index (χ3v) is 3.36. The van der Waals surface area contributed by atoms with E-state index in [0.29, 0.717) is 25.5 Å². The molecule has 1 amide bonds. The Kier molecular flexibility index (Phi) is 4.39. The van der Waals surface area contributed by atoms with Crippen LogP contribution in [-0.4, -0.2) is 23.2 Å². The number of hydrogen-bond donors (Lipinski definition) is 1. The van der Waals surface area contributed by atoms with Crippen LogP contribution >= 0.6 is 0 Å². The van der Waals surface area contributed by atoms with Crippen LogP contribution in [0.4, 0.5) is 32.2 Å². The lowest BCUT2D eigenvalue weighted by Crippen LogP contribution is -2.33. The predicted octanol–water partition coefficient (Wildman–Crippen LogP) is 3.80. The molecule has 0 saturated heterocycles. The van der Waals surface area contributed by atoms with Crippen LogP contribution in [0.25, 0.3) is 0 Å². The summed E-state index contributed by atoms with van der Waals surface area (Å²) in [5.74, 6) is -9.13. The zero-order valence-corrected chi connectivity index (χ0v) is 11.1. The van der Waals surface area contributed by atoms with Crippen molar-refractivity contribution in [3.63, 3.8) is 0 Å². The second-order valence-electron chi connectivity index (χ2n) is 5.05. The number of hydrogen-bond acceptors (Lipinski definition) is 3. The van der Waals surface area contributed by atoms with E-state index >= 15 is 0 Å². The molecule has 2 unspecified atom stereocenters. The highest BCUT2D eigenvalue weighted by molar-refractivity contribution is 5.91. The maximum absolute atomic E-state index is 13.2. The van der Waals surface area contributed by atoms with E-state index in [4.69, 9.17) is 0 Å². The van der Waals surface area contributed by atoms with Gasteiger partial charge in [0.1, 0.15) is 6.17 Å². The minimum atomic E-state index is -5.86. The molecule has 2 rings (SSSR count). The first kappa shape index (κ1) is 16.6. The molecule has 10 heteroatoms. The van der Waals surface area contributed by atoms with Gasteiger partial charge in [0, 0.05) is 5.92 Å². The molecule has 1 aliphatic rings. The lowest BCUT2D eigenvalue weighted by Gasteiger charge is -2.23. The molecular weight excluding hydrogens is 318 g/mol. The molecule has 1 aromatic heterocycles. The van der Waals surface area contributed by atoms with Gasteiger partial charge in [0.2, 0.25) is 11.8 Å². The van der Waals surface area contributed by atoms with Gasteiger partial charge in [-0.05, 0) is 25.7 Å². The average molecular weight is 330 g/mol. The van der Waals surface area contributed by atoms with Crippen molar-refractivity contribution in [1.29, 1.82) is 0 Å². The van der Waals surface area contributed by atoms with Gasteiger partial charge in [-0.15, -0.1) is 0 Å². The summed E-state index contributed by atoms with van der Waals surface area (Å²) in [6.45, 7) is 0.